The summed E-state index contributed by atoms with van der Waals surface area (Å²) in [7, 11) is 0. The Morgan fingerprint density at radius 2 is 2.15 bits per heavy atom. The number of carbonyl (C=O) groups excluding carboxylic acids is 1. The highest BCUT2D eigenvalue weighted by molar-refractivity contribution is 5.91. The predicted octanol–water partition coefficient (Wildman–Crippen LogP) is 1.53. The van der Waals surface area contributed by atoms with Crippen LogP contribution in [0.25, 0.3) is 0 Å². The first-order valence-corrected chi connectivity index (χ1v) is 4.59. The Kier molecular flexibility index (Phi) is 6.24. The van der Waals surface area contributed by atoms with Crippen molar-refractivity contribution in [1.82, 2.24) is 5.32 Å². The maximum Gasteiger partial charge on any atom is 0.246 e. The number of hydrogen-bond acceptors (Lipinski definition) is 1. The van der Waals surface area contributed by atoms with Crippen LogP contribution in [0.2, 0.25) is 0 Å². The minimum atomic E-state index is -0.102. The highest BCUT2D eigenvalue weighted by Gasteiger charge is 2.02. The van der Waals surface area contributed by atoms with Crippen molar-refractivity contribution >= 4 is 5.91 Å². The molecule has 0 aromatic carbocycles. The first kappa shape index (κ1) is 12.2. The maximum absolute atomic E-state index is 11.0. The van der Waals surface area contributed by atoms with Crippen LogP contribution < -0.4 is 5.32 Å². The van der Waals surface area contributed by atoms with Crippen LogP contribution in [0.4, 0.5) is 0 Å². The molecular weight excluding hydrogens is 166 g/mol. The topological polar surface area (TPSA) is 49.0 Å². The Morgan fingerprint density at radius 1 is 1.54 bits per heavy atom. The maximum atomic E-state index is 11.0. The molecule has 0 aromatic heterocycles. The van der Waals surface area contributed by atoms with Crippen LogP contribution in [-0.2, 0) is 9.90 Å². The minimum Gasteiger partial charge on any atom is -0.352 e. The number of carbonyl (C=O) groups is 1. The molecule has 3 heteroatoms. The Balaban J connectivity index is 3.36. The van der Waals surface area contributed by atoms with E-state index in [1.54, 1.807) is 6.92 Å². The molecule has 13 heavy (non-hydrogen) atoms. The van der Waals surface area contributed by atoms with Crippen molar-refractivity contribution in [2.45, 2.75) is 26.7 Å². The van der Waals surface area contributed by atoms with Crippen molar-refractivity contribution < 1.29 is 9.90 Å². The lowest BCUT2D eigenvalue weighted by Gasteiger charge is -2.07. The van der Waals surface area contributed by atoms with E-state index < -0.39 is 0 Å². The normalized spacial score (nSPS) is 12.2. The van der Waals surface area contributed by atoms with E-state index in [4.69, 9.17) is 0 Å². The molecule has 0 fully saturated rings. The van der Waals surface area contributed by atoms with Gasteiger partial charge in [0.05, 0.1) is 6.61 Å². The Labute approximate surface area is 79.8 Å². The van der Waals surface area contributed by atoms with Crippen molar-refractivity contribution in [3.05, 3.63) is 12.2 Å². The third kappa shape index (κ3) is 6.34. The molecule has 0 saturated heterocycles. The van der Waals surface area contributed by atoms with E-state index in [2.05, 4.69) is 11.9 Å². The van der Waals surface area contributed by atoms with Crippen molar-refractivity contribution in [3.8, 4) is 0 Å². The third-order valence-corrected chi connectivity index (χ3v) is 1.83. The van der Waals surface area contributed by atoms with Gasteiger partial charge >= 0.3 is 0 Å². The summed E-state index contributed by atoms with van der Waals surface area (Å²) < 4.78 is 0. The average molecular weight is 184 g/mol. The molecule has 0 aliphatic rings. The fourth-order valence-electron chi connectivity index (χ4n) is 0.887. The lowest BCUT2D eigenvalue weighted by atomic mass is 10.1. The molecular formula is C10H18NO2. The number of nitrogens with one attached hydrogen (secondary N) is 1. The van der Waals surface area contributed by atoms with Gasteiger partial charge in [-0.1, -0.05) is 13.5 Å². The van der Waals surface area contributed by atoms with Gasteiger partial charge in [0.15, 0.2) is 0 Å². The highest BCUT2D eigenvalue weighted by Crippen LogP contribution is 2.02. The zero-order chi connectivity index (χ0) is 10.3. The van der Waals surface area contributed by atoms with Crippen molar-refractivity contribution in [3.63, 3.8) is 0 Å². The van der Waals surface area contributed by atoms with E-state index in [1.165, 1.54) is 0 Å². The SMILES string of the molecule is C=C(C)C(=O)NCCCC(C)C[O]. The van der Waals surface area contributed by atoms with Gasteiger partial charge in [-0.05, 0) is 25.7 Å². The summed E-state index contributed by atoms with van der Waals surface area (Å²) in [6.07, 6.45) is 1.74. The average Bonchev–Trinajstić information content (AvgIpc) is 2.11. The van der Waals surface area contributed by atoms with Gasteiger partial charge < -0.3 is 5.32 Å². The van der Waals surface area contributed by atoms with Crippen LogP contribution in [0, 0.1) is 5.92 Å². The molecule has 1 amide bonds. The van der Waals surface area contributed by atoms with Gasteiger partial charge in [-0.2, -0.15) is 0 Å². The van der Waals surface area contributed by atoms with Crippen LogP contribution in [0.15, 0.2) is 12.2 Å². The van der Waals surface area contributed by atoms with Crippen LogP contribution >= 0.6 is 0 Å². The van der Waals surface area contributed by atoms with Gasteiger partial charge in [0, 0.05) is 12.1 Å². The first-order valence-electron chi connectivity index (χ1n) is 4.59. The lowest BCUT2D eigenvalue weighted by molar-refractivity contribution is -0.117. The smallest absolute Gasteiger partial charge is 0.246 e. The molecule has 1 radical (unpaired) electrons. The van der Waals surface area contributed by atoms with E-state index in [1.807, 2.05) is 6.92 Å². The molecule has 0 saturated carbocycles. The summed E-state index contributed by atoms with van der Waals surface area (Å²) >= 11 is 0. The second-order valence-corrected chi connectivity index (χ2v) is 3.45. The third-order valence-electron chi connectivity index (χ3n) is 1.83. The minimum absolute atomic E-state index is 0.0333. The first-order chi connectivity index (χ1) is 6.07. The van der Waals surface area contributed by atoms with E-state index in [0.29, 0.717) is 12.1 Å². The van der Waals surface area contributed by atoms with E-state index in [9.17, 15) is 9.90 Å². The van der Waals surface area contributed by atoms with Crippen LogP contribution in [-0.4, -0.2) is 19.1 Å². The monoisotopic (exact) mass is 184 g/mol. The molecule has 3 nitrogen and oxygen atoms in total. The molecule has 0 aliphatic heterocycles. The van der Waals surface area contributed by atoms with Gasteiger partial charge in [-0.15, -0.1) is 0 Å². The summed E-state index contributed by atoms with van der Waals surface area (Å²) in [6.45, 7) is 7.73. The summed E-state index contributed by atoms with van der Waals surface area (Å²) in [5.74, 6) is 0.108. The highest BCUT2D eigenvalue weighted by atomic mass is 16.3. The summed E-state index contributed by atoms with van der Waals surface area (Å²) in [6, 6.07) is 0. The zero-order valence-electron chi connectivity index (χ0n) is 8.43. The standard InChI is InChI=1S/C10H18NO2/c1-8(2)10(13)11-6-4-5-9(3)7-12/h9H,1,4-7H2,2-3H3,(H,11,13). The van der Waals surface area contributed by atoms with Gasteiger partial charge in [0.2, 0.25) is 5.91 Å². The summed E-state index contributed by atoms with van der Waals surface area (Å²) in [4.78, 5) is 11.0. The van der Waals surface area contributed by atoms with E-state index >= 15 is 0 Å². The van der Waals surface area contributed by atoms with Gasteiger partial charge in [0.25, 0.3) is 0 Å². The number of hydrogen-bond donors (Lipinski definition) is 1. The summed E-state index contributed by atoms with van der Waals surface area (Å²) in [5, 5.41) is 13.1. The molecule has 0 rings (SSSR count). The van der Waals surface area contributed by atoms with Crippen LogP contribution in [0.1, 0.15) is 26.7 Å². The molecule has 75 valence electrons. The molecule has 1 N–H and O–H groups in total. The zero-order valence-corrected chi connectivity index (χ0v) is 8.43. The predicted molar refractivity (Wildman–Crippen MR) is 51.8 cm³/mol. The van der Waals surface area contributed by atoms with Crippen LogP contribution in [0.3, 0.4) is 0 Å². The fraction of sp³-hybridized carbons (Fsp3) is 0.700. The quantitative estimate of drug-likeness (QED) is 0.494. The molecule has 0 aliphatic carbocycles. The molecule has 1 atom stereocenters. The molecule has 0 heterocycles. The van der Waals surface area contributed by atoms with Crippen LogP contribution in [0.5, 0.6) is 0 Å². The number of amides is 1. The van der Waals surface area contributed by atoms with Gasteiger partial charge in [-0.25, -0.2) is 5.11 Å². The fourth-order valence-corrected chi connectivity index (χ4v) is 0.887. The largest absolute Gasteiger partial charge is 0.352 e. The summed E-state index contributed by atoms with van der Waals surface area (Å²) in [5.41, 5.74) is 0.525. The van der Waals surface area contributed by atoms with Crippen molar-refractivity contribution in [1.29, 1.82) is 0 Å². The van der Waals surface area contributed by atoms with Crippen molar-refractivity contribution in [2.75, 3.05) is 13.2 Å². The van der Waals surface area contributed by atoms with Gasteiger partial charge in [-0.3, -0.25) is 4.79 Å². The number of rotatable bonds is 6. The Bertz CT molecular complexity index is 178. The molecule has 0 bridgehead atoms. The lowest BCUT2D eigenvalue weighted by Crippen LogP contribution is -2.25. The Morgan fingerprint density at radius 3 is 2.62 bits per heavy atom. The molecule has 0 spiro atoms. The molecule has 0 aromatic rings. The van der Waals surface area contributed by atoms with E-state index in [-0.39, 0.29) is 18.4 Å². The Hall–Kier alpha value is -0.830. The molecule has 1 unspecified atom stereocenters. The second-order valence-electron chi connectivity index (χ2n) is 3.45. The van der Waals surface area contributed by atoms with E-state index in [0.717, 1.165) is 12.8 Å². The van der Waals surface area contributed by atoms with Gasteiger partial charge in [0.1, 0.15) is 0 Å². The second kappa shape index (κ2) is 6.66. The van der Waals surface area contributed by atoms with Crippen molar-refractivity contribution in [2.24, 2.45) is 5.92 Å².